The first-order valence-corrected chi connectivity index (χ1v) is 8.46. The smallest absolute Gasteiger partial charge is 0.272 e. The van der Waals surface area contributed by atoms with E-state index in [4.69, 9.17) is 11.6 Å². The summed E-state index contributed by atoms with van der Waals surface area (Å²) < 4.78 is 0. The van der Waals surface area contributed by atoms with Crippen molar-refractivity contribution < 1.29 is 14.4 Å². The van der Waals surface area contributed by atoms with Gasteiger partial charge < -0.3 is 15.1 Å². The van der Waals surface area contributed by atoms with Crippen LogP contribution in [0.4, 0.5) is 5.69 Å². The Kier molecular flexibility index (Phi) is 5.48. The highest BCUT2D eigenvalue weighted by molar-refractivity contribution is 6.30. The molecule has 1 aliphatic heterocycles. The lowest BCUT2D eigenvalue weighted by atomic mass is 10.2. The third-order valence-corrected chi connectivity index (χ3v) is 4.35. The number of aromatic nitrogens is 1. The highest BCUT2D eigenvalue weighted by atomic mass is 35.5. The molecule has 1 saturated heterocycles. The summed E-state index contributed by atoms with van der Waals surface area (Å²) in [6.45, 7) is 1.87. The average molecular weight is 373 g/mol. The van der Waals surface area contributed by atoms with Crippen LogP contribution in [0, 0.1) is 0 Å². The van der Waals surface area contributed by atoms with Crippen LogP contribution in [0.5, 0.6) is 0 Å². The minimum absolute atomic E-state index is 0.202. The molecule has 26 heavy (non-hydrogen) atoms. The van der Waals surface area contributed by atoms with Crippen molar-refractivity contribution in [1.29, 1.82) is 0 Å². The van der Waals surface area contributed by atoms with Crippen LogP contribution in [-0.2, 0) is 4.79 Å². The Hall–Kier alpha value is -2.93. The molecular weight excluding hydrogens is 356 g/mol. The zero-order chi connectivity index (χ0) is 18.5. The van der Waals surface area contributed by atoms with Crippen molar-refractivity contribution in [3.8, 4) is 0 Å². The Morgan fingerprint density at radius 2 is 1.77 bits per heavy atom. The second-order valence-corrected chi connectivity index (χ2v) is 6.26. The van der Waals surface area contributed by atoms with E-state index in [2.05, 4.69) is 10.3 Å². The third kappa shape index (κ3) is 4.18. The van der Waals surface area contributed by atoms with E-state index >= 15 is 0 Å². The van der Waals surface area contributed by atoms with Gasteiger partial charge >= 0.3 is 0 Å². The van der Waals surface area contributed by atoms with Gasteiger partial charge in [-0.1, -0.05) is 11.6 Å². The number of piperazine rings is 1. The predicted octanol–water partition coefficient (Wildman–Crippen LogP) is 1.90. The molecule has 0 radical (unpaired) electrons. The molecule has 0 unspecified atom stereocenters. The van der Waals surface area contributed by atoms with Gasteiger partial charge in [0.15, 0.2) is 0 Å². The number of pyridine rings is 1. The molecule has 8 heteroatoms. The van der Waals surface area contributed by atoms with Gasteiger partial charge in [0.2, 0.25) is 6.41 Å². The molecule has 0 atom stereocenters. The van der Waals surface area contributed by atoms with Gasteiger partial charge in [0, 0.05) is 48.6 Å². The van der Waals surface area contributed by atoms with Crippen molar-refractivity contribution in [3.05, 3.63) is 58.9 Å². The third-order valence-electron chi connectivity index (χ3n) is 4.09. The van der Waals surface area contributed by atoms with E-state index in [1.807, 2.05) is 0 Å². The van der Waals surface area contributed by atoms with E-state index in [0.29, 0.717) is 42.5 Å². The molecule has 1 aliphatic rings. The second kappa shape index (κ2) is 7.97. The number of hydrogen-bond acceptors (Lipinski definition) is 4. The van der Waals surface area contributed by atoms with Crippen LogP contribution in [0.3, 0.4) is 0 Å². The molecule has 1 aromatic carbocycles. The Bertz CT molecular complexity index is 817. The van der Waals surface area contributed by atoms with Gasteiger partial charge in [0.1, 0.15) is 5.69 Å². The Morgan fingerprint density at radius 3 is 2.42 bits per heavy atom. The molecule has 3 amide bonds. The van der Waals surface area contributed by atoms with E-state index < -0.39 is 0 Å². The number of hydrogen-bond donors (Lipinski definition) is 1. The standard InChI is InChI=1S/C18H17ClN4O3/c19-14-1-3-15(4-2-14)21-17(25)13-5-6-20-16(11-13)18(26)23-9-7-22(12-24)8-10-23/h1-6,11-12H,7-10H2,(H,21,25). The number of nitrogens with one attached hydrogen (secondary N) is 1. The van der Waals surface area contributed by atoms with E-state index in [1.54, 1.807) is 40.1 Å². The van der Waals surface area contributed by atoms with Crippen LogP contribution in [-0.4, -0.2) is 59.2 Å². The highest BCUT2D eigenvalue weighted by Gasteiger charge is 2.23. The second-order valence-electron chi connectivity index (χ2n) is 5.82. The number of benzene rings is 1. The number of carbonyl (C=O) groups is 3. The fourth-order valence-corrected chi connectivity index (χ4v) is 2.74. The van der Waals surface area contributed by atoms with Gasteiger partial charge in [-0.3, -0.25) is 19.4 Å². The SMILES string of the molecule is O=CN1CCN(C(=O)c2cc(C(=O)Nc3ccc(Cl)cc3)ccn2)CC1. The van der Waals surface area contributed by atoms with E-state index in [1.165, 1.54) is 12.3 Å². The first-order chi connectivity index (χ1) is 12.6. The van der Waals surface area contributed by atoms with Crippen LogP contribution in [0.2, 0.25) is 5.02 Å². The Morgan fingerprint density at radius 1 is 1.08 bits per heavy atom. The zero-order valence-corrected chi connectivity index (χ0v) is 14.6. The molecule has 7 nitrogen and oxygen atoms in total. The highest BCUT2D eigenvalue weighted by Crippen LogP contribution is 2.15. The molecule has 0 spiro atoms. The molecule has 0 bridgehead atoms. The van der Waals surface area contributed by atoms with Crippen molar-refractivity contribution in [3.63, 3.8) is 0 Å². The van der Waals surface area contributed by atoms with Crippen molar-refractivity contribution in [2.75, 3.05) is 31.5 Å². The number of rotatable bonds is 4. The summed E-state index contributed by atoms with van der Waals surface area (Å²) >= 11 is 5.83. The van der Waals surface area contributed by atoms with Crippen LogP contribution >= 0.6 is 11.6 Å². The predicted molar refractivity (Wildman–Crippen MR) is 97.2 cm³/mol. The normalized spacial score (nSPS) is 14.0. The van der Waals surface area contributed by atoms with Crippen molar-refractivity contribution >= 4 is 35.5 Å². The summed E-state index contributed by atoms with van der Waals surface area (Å²) in [5, 5.41) is 3.33. The van der Waals surface area contributed by atoms with Gasteiger partial charge in [-0.05, 0) is 36.4 Å². The zero-order valence-electron chi connectivity index (χ0n) is 13.9. The Balaban J connectivity index is 1.69. The summed E-state index contributed by atoms with van der Waals surface area (Å²) in [7, 11) is 0. The van der Waals surface area contributed by atoms with Gasteiger partial charge in [0.25, 0.3) is 11.8 Å². The lowest BCUT2D eigenvalue weighted by molar-refractivity contribution is -0.119. The van der Waals surface area contributed by atoms with Gasteiger partial charge in [0.05, 0.1) is 0 Å². The van der Waals surface area contributed by atoms with Gasteiger partial charge in [-0.2, -0.15) is 0 Å². The van der Waals surface area contributed by atoms with Crippen molar-refractivity contribution in [1.82, 2.24) is 14.8 Å². The summed E-state index contributed by atoms with van der Waals surface area (Å²) in [6.07, 6.45) is 2.22. The molecular formula is C18H17ClN4O3. The summed E-state index contributed by atoms with van der Waals surface area (Å²) in [4.78, 5) is 43.0. The van der Waals surface area contributed by atoms with E-state index in [0.717, 1.165) is 6.41 Å². The lowest BCUT2D eigenvalue weighted by Gasteiger charge is -2.32. The molecule has 2 heterocycles. The molecule has 0 aliphatic carbocycles. The number of anilines is 1. The Labute approximate surface area is 155 Å². The molecule has 2 aromatic rings. The number of nitrogens with zero attached hydrogens (tertiary/aromatic N) is 3. The summed E-state index contributed by atoms with van der Waals surface area (Å²) in [5.74, 6) is -0.591. The maximum Gasteiger partial charge on any atom is 0.272 e. The fourth-order valence-electron chi connectivity index (χ4n) is 2.62. The maximum atomic E-state index is 12.6. The molecule has 1 fully saturated rings. The topological polar surface area (TPSA) is 82.6 Å². The molecule has 0 saturated carbocycles. The number of amides is 3. The van der Waals surface area contributed by atoms with Gasteiger partial charge in [-0.25, -0.2) is 0 Å². The van der Waals surface area contributed by atoms with Crippen molar-refractivity contribution in [2.24, 2.45) is 0 Å². The molecule has 1 N–H and O–H groups in total. The first-order valence-electron chi connectivity index (χ1n) is 8.08. The average Bonchev–Trinajstić information content (AvgIpc) is 2.69. The fraction of sp³-hybridized carbons (Fsp3) is 0.222. The number of carbonyl (C=O) groups excluding carboxylic acids is 3. The minimum atomic E-state index is -0.338. The maximum absolute atomic E-state index is 12.6. The van der Waals surface area contributed by atoms with Crippen LogP contribution < -0.4 is 5.32 Å². The molecule has 134 valence electrons. The van der Waals surface area contributed by atoms with Gasteiger partial charge in [-0.15, -0.1) is 0 Å². The van der Waals surface area contributed by atoms with Crippen LogP contribution in [0.1, 0.15) is 20.8 Å². The molecule has 1 aromatic heterocycles. The summed E-state index contributed by atoms with van der Waals surface area (Å²) in [5.41, 5.74) is 1.15. The van der Waals surface area contributed by atoms with E-state index in [9.17, 15) is 14.4 Å². The molecule has 3 rings (SSSR count). The van der Waals surface area contributed by atoms with Crippen LogP contribution in [0.25, 0.3) is 0 Å². The number of halogens is 1. The van der Waals surface area contributed by atoms with Crippen molar-refractivity contribution in [2.45, 2.75) is 0 Å². The summed E-state index contributed by atoms with van der Waals surface area (Å²) in [6, 6.07) is 9.77. The van der Waals surface area contributed by atoms with E-state index in [-0.39, 0.29) is 17.5 Å². The minimum Gasteiger partial charge on any atom is -0.342 e. The van der Waals surface area contributed by atoms with Crippen LogP contribution in [0.15, 0.2) is 42.6 Å². The first kappa shape index (κ1) is 17.9. The lowest BCUT2D eigenvalue weighted by Crippen LogP contribution is -2.48. The quantitative estimate of drug-likeness (QED) is 0.831. The largest absolute Gasteiger partial charge is 0.342 e. The monoisotopic (exact) mass is 372 g/mol.